The molecule has 176 valence electrons. The van der Waals surface area contributed by atoms with E-state index in [1.165, 1.54) is 16.7 Å². The maximum atomic E-state index is 13.5. The number of hydrogen-bond acceptors (Lipinski definition) is 7. The Morgan fingerprint density at radius 1 is 1.09 bits per heavy atom. The normalized spacial score (nSPS) is 26.1. The number of carboxylic acid groups (broad SMARTS) is 1. The second-order valence-electron chi connectivity index (χ2n) is 8.64. The molecule has 1 aromatic rings. The number of amides is 3. The van der Waals surface area contributed by atoms with Gasteiger partial charge in [-0.2, -0.15) is 0 Å². The quantitative estimate of drug-likeness (QED) is 0.287. The first-order valence-electron chi connectivity index (χ1n) is 10.3. The molecule has 4 rings (SSSR count). The summed E-state index contributed by atoms with van der Waals surface area (Å²) in [5, 5.41) is 11.6. The molecule has 4 atom stereocenters. The minimum absolute atomic E-state index is 0.316. The molecule has 3 aliphatic rings. The number of aliphatic carboxylic acids is 1. The number of benzene rings is 1. The number of nitrogens with two attached hydrogens (primary N) is 1. The molecular formula is C23H21N3O7S. The van der Waals surface area contributed by atoms with Gasteiger partial charge in [0.15, 0.2) is 11.6 Å². The van der Waals surface area contributed by atoms with E-state index >= 15 is 0 Å². The lowest BCUT2D eigenvalue weighted by molar-refractivity contribution is -0.161. The Kier molecular flexibility index (Phi) is 5.68. The number of nitrogens with zero attached hydrogens (tertiary/aromatic N) is 1. The largest absolute Gasteiger partial charge is 0.480 e. The number of primary amides is 1. The molecule has 2 aliphatic heterocycles. The van der Waals surface area contributed by atoms with E-state index in [4.69, 9.17) is 5.73 Å². The van der Waals surface area contributed by atoms with Crippen molar-refractivity contribution in [2.24, 2.45) is 5.73 Å². The molecule has 11 heteroatoms. The average Bonchev–Trinajstić information content (AvgIpc) is 3.03. The monoisotopic (exact) mass is 483 g/mol. The third kappa shape index (κ3) is 3.61. The van der Waals surface area contributed by atoms with Gasteiger partial charge in [-0.1, -0.05) is 30.3 Å². The maximum absolute atomic E-state index is 13.5. The van der Waals surface area contributed by atoms with Crippen molar-refractivity contribution in [1.82, 2.24) is 10.2 Å². The second kappa shape index (κ2) is 8.24. The summed E-state index contributed by atoms with van der Waals surface area (Å²) < 4.78 is -0.789. The van der Waals surface area contributed by atoms with Crippen LogP contribution in [0.2, 0.25) is 0 Å². The summed E-state index contributed by atoms with van der Waals surface area (Å²) in [6.45, 7) is 3.41. The number of ketones is 2. The molecular weight excluding hydrogens is 462 g/mol. The van der Waals surface area contributed by atoms with Gasteiger partial charge >= 0.3 is 5.97 Å². The van der Waals surface area contributed by atoms with Crippen LogP contribution in [0.25, 0.3) is 0 Å². The minimum Gasteiger partial charge on any atom is -0.480 e. The number of hydrogen-bond donors (Lipinski definition) is 3. The third-order valence-electron chi connectivity index (χ3n) is 6.07. The first-order valence-corrected chi connectivity index (χ1v) is 11.2. The Morgan fingerprint density at radius 3 is 2.29 bits per heavy atom. The second-order valence-corrected chi connectivity index (χ2v) is 10.4. The Hall–Kier alpha value is -3.73. The number of β-lactam (4-membered cyclic amide) rings is 1. The fraction of sp³-hybridized carbons (Fsp3) is 0.304. The zero-order chi connectivity index (χ0) is 24.9. The van der Waals surface area contributed by atoms with E-state index in [0.717, 1.165) is 12.2 Å². The van der Waals surface area contributed by atoms with Gasteiger partial charge in [-0.05, 0) is 31.6 Å². The van der Waals surface area contributed by atoms with Crippen molar-refractivity contribution in [2.45, 2.75) is 42.0 Å². The van der Waals surface area contributed by atoms with Gasteiger partial charge in [0, 0.05) is 10.3 Å². The number of carboxylic acids is 1. The van der Waals surface area contributed by atoms with Crippen LogP contribution in [0.15, 0.2) is 53.6 Å². The van der Waals surface area contributed by atoms with Gasteiger partial charge in [-0.25, -0.2) is 4.79 Å². The van der Waals surface area contributed by atoms with Crippen molar-refractivity contribution >= 4 is 47.0 Å². The molecule has 0 aromatic heterocycles. The highest BCUT2D eigenvalue weighted by molar-refractivity contribution is 8.01. The molecule has 1 aliphatic carbocycles. The van der Waals surface area contributed by atoms with E-state index in [0.29, 0.717) is 5.56 Å². The van der Waals surface area contributed by atoms with Crippen molar-refractivity contribution < 1.29 is 33.9 Å². The molecule has 4 N–H and O–H groups in total. The summed E-state index contributed by atoms with van der Waals surface area (Å²) in [7, 11) is 0. The van der Waals surface area contributed by atoms with Gasteiger partial charge in [-0.3, -0.25) is 24.0 Å². The molecule has 2 heterocycles. The molecule has 2 fully saturated rings. The molecule has 10 nitrogen and oxygen atoms in total. The number of carbonyl (C=O) groups excluding carboxylic acids is 5. The van der Waals surface area contributed by atoms with E-state index in [1.54, 1.807) is 44.2 Å². The number of carbonyl (C=O) groups is 6. The summed E-state index contributed by atoms with van der Waals surface area (Å²) in [6.07, 6.45) is 1.89. The van der Waals surface area contributed by atoms with Crippen molar-refractivity contribution in [3.05, 3.63) is 59.2 Å². The first-order chi connectivity index (χ1) is 16.0. The van der Waals surface area contributed by atoms with E-state index in [9.17, 15) is 33.9 Å². The Balaban J connectivity index is 1.71. The summed E-state index contributed by atoms with van der Waals surface area (Å²) >= 11 is 1.25. The Bertz CT molecular complexity index is 1200. The lowest BCUT2D eigenvalue weighted by atomic mass is 9.80. The molecule has 0 spiro atoms. The summed E-state index contributed by atoms with van der Waals surface area (Å²) in [5.74, 6) is -6.54. The van der Waals surface area contributed by atoms with Crippen molar-refractivity contribution in [3.63, 3.8) is 0 Å². The number of fused-ring (bicyclic) bond motifs is 1. The molecule has 0 radical (unpaired) electrons. The van der Waals surface area contributed by atoms with E-state index in [-0.39, 0.29) is 5.57 Å². The molecule has 0 unspecified atom stereocenters. The van der Waals surface area contributed by atoms with Crippen LogP contribution >= 0.6 is 11.8 Å². The first kappa shape index (κ1) is 23.4. The van der Waals surface area contributed by atoms with Crippen LogP contribution in [0.4, 0.5) is 0 Å². The molecule has 0 saturated carbocycles. The molecule has 0 bridgehead atoms. The maximum Gasteiger partial charge on any atom is 0.327 e. The zero-order valence-electron chi connectivity index (χ0n) is 18.2. The van der Waals surface area contributed by atoms with Gasteiger partial charge in [0.2, 0.25) is 11.8 Å². The fourth-order valence-corrected chi connectivity index (χ4v) is 6.22. The number of rotatable bonds is 6. The fourth-order valence-electron chi connectivity index (χ4n) is 4.60. The van der Waals surface area contributed by atoms with Crippen LogP contribution in [0, 0.1) is 0 Å². The van der Waals surface area contributed by atoms with Crippen LogP contribution in [0.5, 0.6) is 0 Å². The van der Waals surface area contributed by atoms with E-state index < -0.39 is 69.0 Å². The Morgan fingerprint density at radius 2 is 1.71 bits per heavy atom. The zero-order valence-corrected chi connectivity index (χ0v) is 19.0. The predicted molar refractivity (Wildman–Crippen MR) is 120 cm³/mol. The molecule has 1 aromatic carbocycles. The standard InChI is InChI=1S/C23H21N3O7S/c1-23(2)17(22(32)33)26-20(31)16(21(26)34-23)25-19(30)13(10-6-4-3-5-7-10)14-11(27)8-9-12(28)15(14)18(24)29/h3-9,13,16-17,21H,1-2H3,(H2,24,29)(H,25,30)(H,32,33)/t13-,16-,17+,21-/m1/s1. The van der Waals surface area contributed by atoms with Crippen LogP contribution in [-0.4, -0.2) is 67.5 Å². The van der Waals surface area contributed by atoms with E-state index in [2.05, 4.69) is 5.32 Å². The smallest absolute Gasteiger partial charge is 0.327 e. The van der Waals surface area contributed by atoms with Crippen molar-refractivity contribution in [3.8, 4) is 0 Å². The molecule has 2 saturated heterocycles. The van der Waals surface area contributed by atoms with Gasteiger partial charge < -0.3 is 21.1 Å². The topological polar surface area (TPSA) is 164 Å². The summed E-state index contributed by atoms with van der Waals surface area (Å²) in [5.41, 5.74) is 4.74. The van der Waals surface area contributed by atoms with Crippen LogP contribution < -0.4 is 11.1 Å². The van der Waals surface area contributed by atoms with Crippen LogP contribution in [0.3, 0.4) is 0 Å². The molecule has 3 amide bonds. The highest BCUT2D eigenvalue weighted by Gasteiger charge is 2.64. The Labute approximate surface area is 198 Å². The lowest BCUT2D eigenvalue weighted by Crippen LogP contribution is -2.71. The number of allylic oxidation sites excluding steroid dienone is 2. The SMILES string of the molecule is CC1(C)S[C@@H]2[C@H](NC(=O)[C@@H](C3=C(C(N)=O)C(=O)C=CC3=O)c3ccccc3)C(=O)N2[C@H]1C(=O)O. The summed E-state index contributed by atoms with van der Waals surface area (Å²) in [4.78, 5) is 76.4. The van der Waals surface area contributed by atoms with Gasteiger partial charge in [-0.15, -0.1) is 11.8 Å². The van der Waals surface area contributed by atoms with Crippen LogP contribution in [-0.2, 0) is 28.8 Å². The number of thioether (sulfide) groups is 1. The van der Waals surface area contributed by atoms with Crippen molar-refractivity contribution in [1.29, 1.82) is 0 Å². The van der Waals surface area contributed by atoms with Gasteiger partial charge in [0.25, 0.3) is 5.91 Å². The van der Waals surface area contributed by atoms with Crippen molar-refractivity contribution in [2.75, 3.05) is 0 Å². The predicted octanol–water partition coefficient (Wildman–Crippen LogP) is -0.108. The summed E-state index contributed by atoms with van der Waals surface area (Å²) in [6, 6.07) is 5.94. The third-order valence-corrected chi connectivity index (χ3v) is 7.64. The van der Waals surface area contributed by atoms with Gasteiger partial charge in [0.1, 0.15) is 17.5 Å². The number of nitrogens with one attached hydrogen (secondary N) is 1. The molecule has 34 heavy (non-hydrogen) atoms. The van der Waals surface area contributed by atoms with Gasteiger partial charge in [0.05, 0.1) is 11.5 Å². The van der Waals surface area contributed by atoms with E-state index in [1.807, 2.05) is 0 Å². The lowest BCUT2D eigenvalue weighted by Gasteiger charge is -2.44. The minimum atomic E-state index is -1.39. The highest BCUT2D eigenvalue weighted by Crippen LogP contribution is 2.51. The average molecular weight is 484 g/mol. The highest BCUT2D eigenvalue weighted by atomic mass is 32.2. The van der Waals surface area contributed by atoms with Crippen LogP contribution in [0.1, 0.15) is 25.3 Å².